The quantitative estimate of drug-likeness (QED) is 0.670. The molecule has 100 valence electrons. The first-order chi connectivity index (χ1) is 8.84. The summed E-state index contributed by atoms with van der Waals surface area (Å²) >= 11 is 0. The second-order valence-electron chi connectivity index (χ2n) is 5.68. The first-order valence-corrected chi connectivity index (χ1v) is 7.56. The van der Waals surface area contributed by atoms with Crippen molar-refractivity contribution in [1.29, 1.82) is 0 Å². The van der Waals surface area contributed by atoms with Crippen LogP contribution < -0.4 is 4.74 Å². The summed E-state index contributed by atoms with van der Waals surface area (Å²) in [5.41, 5.74) is 0. The van der Waals surface area contributed by atoms with Crippen molar-refractivity contribution in [1.82, 2.24) is 0 Å². The van der Waals surface area contributed by atoms with Gasteiger partial charge < -0.3 is 4.74 Å². The van der Waals surface area contributed by atoms with E-state index in [-0.39, 0.29) is 0 Å². The minimum atomic E-state index is 0.344. The number of hydrogen-bond acceptors (Lipinski definition) is 1. The lowest BCUT2D eigenvalue weighted by Crippen LogP contribution is -2.13. The third kappa shape index (κ3) is 4.72. The van der Waals surface area contributed by atoms with Crippen LogP contribution in [0.25, 0.3) is 0 Å². The molecule has 0 N–H and O–H groups in total. The molecule has 1 aromatic carbocycles. The fourth-order valence-electron chi connectivity index (χ4n) is 2.96. The Hall–Kier alpha value is -0.980. The summed E-state index contributed by atoms with van der Waals surface area (Å²) in [6.07, 6.45) is 11.6. The van der Waals surface area contributed by atoms with Crippen molar-refractivity contribution in [3.8, 4) is 5.75 Å². The minimum absolute atomic E-state index is 0.344. The van der Waals surface area contributed by atoms with E-state index in [0.717, 1.165) is 11.7 Å². The normalized spacial score (nSPS) is 18.5. The van der Waals surface area contributed by atoms with E-state index in [4.69, 9.17) is 4.74 Å². The SMILES string of the molecule is CC(CCCC1CCCCC1)Oc1ccccc1. The summed E-state index contributed by atoms with van der Waals surface area (Å²) < 4.78 is 5.90. The van der Waals surface area contributed by atoms with Crippen LogP contribution >= 0.6 is 0 Å². The molecule has 18 heavy (non-hydrogen) atoms. The highest BCUT2D eigenvalue weighted by Gasteiger charge is 2.13. The molecular weight excluding hydrogens is 220 g/mol. The fourth-order valence-corrected chi connectivity index (χ4v) is 2.96. The Bertz CT molecular complexity index is 314. The summed E-state index contributed by atoms with van der Waals surface area (Å²) in [5, 5.41) is 0. The van der Waals surface area contributed by atoms with Crippen LogP contribution in [0.3, 0.4) is 0 Å². The molecule has 1 aliphatic carbocycles. The average Bonchev–Trinajstić information content (AvgIpc) is 2.41. The first-order valence-electron chi connectivity index (χ1n) is 7.56. The second kappa shape index (κ2) is 7.45. The van der Waals surface area contributed by atoms with Crippen LogP contribution in [-0.2, 0) is 0 Å². The number of hydrogen-bond donors (Lipinski definition) is 0. The van der Waals surface area contributed by atoms with Gasteiger partial charge in [0.05, 0.1) is 6.10 Å². The monoisotopic (exact) mass is 246 g/mol. The molecule has 0 aromatic heterocycles. The Morgan fingerprint density at radius 3 is 2.56 bits per heavy atom. The van der Waals surface area contributed by atoms with Crippen molar-refractivity contribution < 1.29 is 4.74 Å². The van der Waals surface area contributed by atoms with E-state index in [9.17, 15) is 0 Å². The van der Waals surface area contributed by atoms with Gasteiger partial charge in [0, 0.05) is 0 Å². The Labute approximate surface area is 112 Å². The van der Waals surface area contributed by atoms with Gasteiger partial charge in [0.15, 0.2) is 0 Å². The van der Waals surface area contributed by atoms with Crippen LogP contribution in [0, 0.1) is 5.92 Å². The zero-order chi connectivity index (χ0) is 12.6. The third-order valence-corrected chi connectivity index (χ3v) is 4.03. The highest BCUT2D eigenvalue weighted by Crippen LogP contribution is 2.28. The van der Waals surface area contributed by atoms with Gasteiger partial charge in [-0.15, -0.1) is 0 Å². The number of para-hydroxylation sites is 1. The van der Waals surface area contributed by atoms with Gasteiger partial charge >= 0.3 is 0 Å². The number of ether oxygens (including phenoxy) is 1. The first kappa shape index (κ1) is 13.5. The molecular formula is C17H26O. The Kier molecular flexibility index (Phi) is 5.57. The highest BCUT2D eigenvalue weighted by atomic mass is 16.5. The highest BCUT2D eigenvalue weighted by molar-refractivity contribution is 5.21. The molecule has 0 amide bonds. The lowest BCUT2D eigenvalue weighted by atomic mass is 9.85. The molecule has 1 fully saturated rings. The Morgan fingerprint density at radius 1 is 1.11 bits per heavy atom. The molecule has 1 unspecified atom stereocenters. The van der Waals surface area contributed by atoms with E-state index in [1.165, 1.54) is 51.4 Å². The van der Waals surface area contributed by atoms with Gasteiger partial charge in [-0.3, -0.25) is 0 Å². The molecule has 0 radical (unpaired) electrons. The van der Waals surface area contributed by atoms with Gasteiger partial charge in [0.2, 0.25) is 0 Å². The molecule has 1 nitrogen and oxygen atoms in total. The largest absolute Gasteiger partial charge is 0.491 e. The smallest absolute Gasteiger partial charge is 0.119 e. The number of rotatable bonds is 6. The van der Waals surface area contributed by atoms with Crippen molar-refractivity contribution >= 4 is 0 Å². The molecule has 1 saturated carbocycles. The van der Waals surface area contributed by atoms with Crippen molar-refractivity contribution in [2.45, 2.75) is 64.4 Å². The molecule has 1 aliphatic rings. The summed E-state index contributed by atoms with van der Waals surface area (Å²) in [4.78, 5) is 0. The molecule has 2 rings (SSSR count). The van der Waals surface area contributed by atoms with Crippen LogP contribution in [0.4, 0.5) is 0 Å². The molecule has 0 saturated heterocycles. The molecule has 0 heterocycles. The molecule has 1 aromatic rings. The maximum atomic E-state index is 5.90. The Morgan fingerprint density at radius 2 is 1.83 bits per heavy atom. The van der Waals surface area contributed by atoms with Gasteiger partial charge in [0.1, 0.15) is 5.75 Å². The molecule has 1 heteroatoms. The average molecular weight is 246 g/mol. The maximum absolute atomic E-state index is 5.90. The summed E-state index contributed by atoms with van der Waals surface area (Å²) in [6, 6.07) is 10.2. The van der Waals surface area contributed by atoms with Crippen molar-refractivity contribution in [3.63, 3.8) is 0 Å². The third-order valence-electron chi connectivity index (χ3n) is 4.03. The van der Waals surface area contributed by atoms with E-state index in [1.807, 2.05) is 30.3 Å². The van der Waals surface area contributed by atoms with E-state index in [0.29, 0.717) is 6.10 Å². The predicted molar refractivity (Wildman–Crippen MR) is 77.0 cm³/mol. The van der Waals surface area contributed by atoms with Gasteiger partial charge in [-0.1, -0.05) is 56.7 Å². The molecule has 0 aliphatic heterocycles. The van der Waals surface area contributed by atoms with Crippen molar-refractivity contribution in [3.05, 3.63) is 30.3 Å². The zero-order valence-electron chi connectivity index (χ0n) is 11.6. The molecule has 1 atom stereocenters. The van der Waals surface area contributed by atoms with E-state index >= 15 is 0 Å². The lowest BCUT2D eigenvalue weighted by molar-refractivity contribution is 0.200. The maximum Gasteiger partial charge on any atom is 0.119 e. The standard InChI is InChI=1S/C17H26O/c1-15(18-17-13-6-3-7-14-17)9-8-12-16-10-4-2-5-11-16/h3,6-7,13-16H,2,4-5,8-12H2,1H3. The molecule has 0 spiro atoms. The van der Waals surface area contributed by atoms with Crippen LogP contribution in [-0.4, -0.2) is 6.10 Å². The minimum Gasteiger partial charge on any atom is -0.491 e. The summed E-state index contributed by atoms with van der Waals surface area (Å²) in [7, 11) is 0. The van der Waals surface area contributed by atoms with E-state index in [1.54, 1.807) is 0 Å². The van der Waals surface area contributed by atoms with Crippen LogP contribution in [0.15, 0.2) is 30.3 Å². The Balaban J connectivity index is 1.61. The van der Waals surface area contributed by atoms with Crippen LogP contribution in [0.2, 0.25) is 0 Å². The van der Waals surface area contributed by atoms with Gasteiger partial charge in [-0.05, 0) is 37.8 Å². The van der Waals surface area contributed by atoms with Crippen molar-refractivity contribution in [2.24, 2.45) is 5.92 Å². The zero-order valence-corrected chi connectivity index (χ0v) is 11.6. The predicted octanol–water partition coefficient (Wildman–Crippen LogP) is 5.20. The number of benzene rings is 1. The van der Waals surface area contributed by atoms with Crippen LogP contribution in [0.5, 0.6) is 5.75 Å². The summed E-state index contributed by atoms with van der Waals surface area (Å²) in [5.74, 6) is 2.00. The fraction of sp³-hybridized carbons (Fsp3) is 0.647. The lowest BCUT2D eigenvalue weighted by Gasteiger charge is -2.22. The summed E-state index contributed by atoms with van der Waals surface area (Å²) in [6.45, 7) is 2.19. The van der Waals surface area contributed by atoms with Gasteiger partial charge in [0.25, 0.3) is 0 Å². The topological polar surface area (TPSA) is 9.23 Å². The second-order valence-corrected chi connectivity index (χ2v) is 5.68. The van der Waals surface area contributed by atoms with Crippen molar-refractivity contribution in [2.75, 3.05) is 0 Å². The van der Waals surface area contributed by atoms with Gasteiger partial charge in [-0.2, -0.15) is 0 Å². The van der Waals surface area contributed by atoms with E-state index < -0.39 is 0 Å². The molecule has 0 bridgehead atoms. The van der Waals surface area contributed by atoms with Crippen LogP contribution in [0.1, 0.15) is 58.3 Å². The van der Waals surface area contributed by atoms with E-state index in [2.05, 4.69) is 6.92 Å². The van der Waals surface area contributed by atoms with Gasteiger partial charge in [-0.25, -0.2) is 0 Å².